The van der Waals surface area contributed by atoms with Gasteiger partial charge >= 0.3 is 0 Å². The zero-order valence-corrected chi connectivity index (χ0v) is 16.5. The first-order chi connectivity index (χ1) is 14.1. The Morgan fingerprint density at radius 2 is 1.93 bits per heavy atom. The number of aromatic amines is 1. The van der Waals surface area contributed by atoms with Crippen LogP contribution in [-0.4, -0.2) is 38.8 Å². The second-order valence-electron chi connectivity index (χ2n) is 7.59. The van der Waals surface area contributed by atoms with E-state index < -0.39 is 0 Å². The van der Waals surface area contributed by atoms with Gasteiger partial charge in [-0.2, -0.15) is 0 Å². The first-order valence-electron chi connectivity index (χ1n) is 9.93. The number of hydrogen-bond acceptors (Lipinski definition) is 4. The number of likely N-dealkylation sites (tertiary alicyclic amines) is 1. The van der Waals surface area contributed by atoms with E-state index in [2.05, 4.69) is 9.97 Å². The lowest BCUT2D eigenvalue weighted by Gasteiger charge is -2.32. The molecule has 1 saturated heterocycles. The van der Waals surface area contributed by atoms with Crippen LogP contribution in [0, 0.1) is 6.92 Å². The number of piperidine rings is 1. The van der Waals surface area contributed by atoms with Gasteiger partial charge < -0.3 is 9.88 Å². The van der Waals surface area contributed by atoms with Crippen molar-refractivity contribution in [3.8, 4) is 11.3 Å². The van der Waals surface area contributed by atoms with Crippen molar-refractivity contribution in [2.45, 2.75) is 32.1 Å². The maximum Gasteiger partial charge on any atom is 0.251 e. The predicted molar refractivity (Wildman–Crippen MR) is 112 cm³/mol. The lowest BCUT2D eigenvalue weighted by Crippen LogP contribution is -2.40. The molecule has 0 saturated carbocycles. The van der Waals surface area contributed by atoms with Crippen molar-refractivity contribution in [1.82, 2.24) is 19.9 Å². The topological polar surface area (TPSA) is 79.0 Å². The molecule has 0 spiro atoms. The summed E-state index contributed by atoms with van der Waals surface area (Å²) in [6.07, 6.45) is 5.56. The summed E-state index contributed by atoms with van der Waals surface area (Å²) in [6.45, 7) is 3.36. The van der Waals surface area contributed by atoms with Crippen molar-refractivity contribution in [1.29, 1.82) is 0 Å². The van der Waals surface area contributed by atoms with Gasteiger partial charge in [-0.15, -0.1) is 0 Å². The monoisotopic (exact) mass is 388 g/mol. The number of hydrogen-bond donors (Lipinski definition) is 1. The molecular weight excluding hydrogens is 364 g/mol. The average Bonchev–Trinajstić information content (AvgIpc) is 2.75. The van der Waals surface area contributed by atoms with E-state index >= 15 is 0 Å². The molecule has 148 valence electrons. The van der Waals surface area contributed by atoms with Crippen LogP contribution in [0.25, 0.3) is 11.3 Å². The number of H-pyrrole nitrogens is 1. The molecule has 1 atom stereocenters. The molecule has 0 aliphatic carbocycles. The first kappa shape index (κ1) is 19.1. The number of amides is 1. The summed E-state index contributed by atoms with van der Waals surface area (Å²) in [5.41, 5.74) is 3.52. The molecule has 3 aromatic rings. The van der Waals surface area contributed by atoms with Crippen LogP contribution in [0.3, 0.4) is 0 Å². The average molecular weight is 388 g/mol. The molecule has 29 heavy (non-hydrogen) atoms. The van der Waals surface area contributed by atoms with Crippen LogP contribution in [-0.2, 0) is 11.2 Å². The molecule has 1 aromatic carbocycles. The molecule has 6 nitrogen and oxygen atoms in total. The van der Waals surface area contributed by atoms with Crippen molar-refractivity contribution in [3.63, 3.8) is 0 Å². The standard InChI is InChI=1S/C23H24N4O2/c1-16-4-6-17(7-5-16)13-22(29)27-12-2-3-19(15-27)23-25-20(14-21(28)26-23)18-8-10-24-11-9-18/h4-11,14,19H,2-3,12-13,15H2,1H3,(H,25,26,28)/t19-/m0/s1. The Morgan fingerprint density at radius 3 is 2.69 bits per heavy atom. The van der Waals surface area contributed by atoms with Crippen LogP contribution in [0.5, 0.6) is 0 Å². The number of carbonyl (C=O) groups excluding carboxylic acids is 1. The minimum atomic E-state index is -0.176. The Morgan fingerprint density at radius 1 is 1.17 bits per heavy atom. The highest BCUT2D eigenvalue weighted by Gasteiger charge is 2.26. The number of nitrogens with zero attached hydrogens (tertiary/aromatic N) is 3. The highest BCUT2D eigenvalue weighted by Crippen LogP contribution is 2.26. The SMILES string of the molecule is Cc1ccc(CC(=O)N2CCC[C@H](c3nc(-c4ccncc4)cc(=O)[nH]3)C2)cc1. The van der Waals surface area contributed by atoms with Gasteiger partial charge in [-0.25, -0.2) is 4.98 Å². The quantitative estimate of drug-likeness (QED) is 0.745. The lowest BCUT2D eigenvalue weighted by atomic mass is 9.96. The predicted octanol–water partition coefficient (Wildman–Crippen LogP) is 3.09. The maximum atomic E-state index is 12.8. The number of rotatable bonds is 4. The molecule has 1 N–H and O–H groups in total. The van der Waals surface area contributed by atoms with Gasteiger partial charge in [0, 0.05) is 43.0 Å². The fourth-order valence-corrected chi connectivity index (χ4v) is 3.76. The van der Waals surface area contributed by atoms with Crippen molar-refractivity contribution in [3.05, 3.63) is 82.2 Å². The second kappa shape index (κ2) is 8.39. The van der Waals surface area contributed by atoms with E-state index in [1.807, 2.05) is 48.2 Å². The van der Waals surface area contributed by atoms with Crippen molar-refractivity contribution >= 4 is 5.91 Å². The molecule has 1 fully saturated rings. The molecule has 3 heterocycles. The largest absolute Gasteiger partial charge is 0.342 e. The number of aryl methyl sites for hydroxylation is 1. The molecule has 4 rings (SSSR count). The van der Waals surface area contributed by atoms with Crippen molar-refractivity contribution in [2.24, 2.45) is 0 Å². The highest BCUT2D eigenvalue weighted by molar-refractivity contribution is 5.79. The van der Waals surface area contributed by atoms with E-state index in [9.17, 15) is 9.59 Å². The Hall–Kier alpha value is -3.28. The summed E-state index contributed by atoms with van der Waals surface area (Å²) in [7, 11) is 0. The van der Waals surface area contributed by atoms with Crippen molar-refractivity contribution < 1.29 is 4.79 Å². The highest BCUT2D eigenvalue weighted by atomic mass is 16.2. The number of pyridine rings is 1. The number of benzene rings is 1. The third kappa shape index (κ3) is 4.59. The summed E-state index contributed by atoms with van der Waals surface area (Å²) in [5.74, 6) is 0.795. The van der Waals surface area contributed by atoms with Crippen LogP contribution >= 0.6 is 0 Å². The second-order valence-corrected chi connectivity index (χ2v) is 7.59. The van der Waals surface area contributed by atoms with Gasteiger partial charge in [0.25, 0.3) is 5.56 Å². The van der Waals surface area contributed by atoms with Gasteiger partial charge in [0.1, 0.15) is 5.82 Å². The Bertz CT molecular complexity index is 1040. The fraction of sp³-hybridized carbons (Fsp3) is 0.304. The summed E-state index contributed by atoms with van der Waals surface area (Å²) in [5, 5.41) is 0. The molecule has 0 unspecified atom stereocenters. The smallest absolute Gasteiger partial charge is 0.251 e. The third-order valence-corrected chi connectivity index (χ3v) is 5.37. The Balaban J connectivity index is 1.51. The molecule has 1 aliphatic heterocycles. The zero-order chi connectivity index (χ0) is 20.2. The molecule has 1 amide bonds. The molecule has 2 aromatic heterocycles. The Kier molecular flexibility index (Phi) is 5.51. The van der Waals surface area contributed by atoms with E-state index in [4.69, 9.17) is 4.98 Å². The van der Waals surface area contributed by atoms with Gasteiger partial charge in [-0.05, 0) is 37.5 Å². The normalized spacial score (nSPS) is 16.6. The van der Waals surface area contributed by atoms with Crippen LogP contribution in [0.4, 0.5) is 0 Å². The third-order valence-electron chi connectivity index (χ3n) is 5.37. The van der Waals surface area contributed by atoms with Gasteiger partial charge in [-0.1, -0.05) is 29.8 Å². The molecule has 1 aliphatic rings. The van der Waals surface area contributed by atoms with Gasteiger partial charge in [-0.3, -0.25) is 14.6 Å². The lowest BCUT2D eigenvalue weighted by molar-refractivity contribution is -0.131. The zero-order valence-electron chi connectivity index (χ0n) is 16.5. The fourth-order valence-electron chi connectivity index (χ4n) is 3.76. The summed E-state index contributed by atoms with van der Waals surface area (Å²) < 4.78 is 0. The first-order valence-corrected chi connectivity index (χ1v) is 9.93. The van der Waals surface area contributed by atoms with E-state index in [1.165, 1.54) is 11.6 Å². The van der Waals surface area contributed by atoms with Crippen LogP contribution in [0.15, 0.2) is 59.7 Å². The van der Waals surface area contributed by atoms with Crippen LogP contribution in [0.1, 0.15) is 35.7 Å². The summed E-state index contributed by atoms with van der Waals surface area (Å²) in [4.78, 5) is 38.5. The minimum absolute atomic E-state index is 0.0280. The maximum absolute atomic E-state index is 12.8. The van der Waals surface area contributed by atoms with E-state index in [0.717, 1.165) is 30.5 Å². The minimum Gasteiger partial charge on any atom is -0.342 e. The number of aromatic nitrogens is 3. The summed E-state index contributed by atoms with van der Waals surface area (Å²) in [6, 6.07) is 13.2. The van der Waals surface area contributed by atoms with Crippen LogP contribution in [0.2, 0.25) is 0 Å². The molecule has 0 radical (unpaired) electrons. The molecular formula is C23H24N4O2. The van der Waals surface area contributed by atoms with Gasteiger partial charge in [0.05, 0.1) is 12.1 Å². The number of carbonyl (C=O) groups is 1. The van der Waals surface area contributed by atoms with E-state index in [0.29, 0.717) is 24.5 Å². The summed E-state index contributed by atoms with van der Waals surface area (Å²) >= 11 is 0. The van der Waals surface area contributed by atoms with Crippen molar-refractivity contribution in [2.75, 3.05) is 13.1 Å². The van der Waals surface area contributed by atoms with Gasteiger partial charge in [0.15, 0.2) is 0 Å². The van der Waals surface area contributed by atoms with E-state index in [-0.39, 0.29) is 17.4 Å². The van der Waals surface area contributed by atoms with Crippen LogP contribution < -0.4 is 5.56 Å². The Labute approximate surface area is 169 Å². The van der Waals surface area contributed by atoms with E-state index in [1.54, 1.807) is 12.4 Å². The number of nitrogens with one attached hydrogen (secondary N) is 1. The molecule has 6 heteroatoms. The van der Waals surface area contributed by atoms with Gasteiger partial charge in [0.2, 0.25) is 5.91 Å². The molecule has 0 bridgehead atoms.